The highest BCUT2D eigenvalue weighted by Crippen LogP contribution is 2.28. The van der Waals surface area contributed by atoms with E-state index in [4.69, 9.17) is 0 Å². The summed E-state index contributed by atoms with van der Waals surface area (Å²) in [6.07, 6.45) is 6.83. The molecule has 1 amide bonds. The van der Waals surface area contributed by atoms with Crippen LogP contribution in [0.15, 0.2) is 0 Å². The van der Waals surface area contributed by atoms with Gasteiger partial charge in [0.1, 0.15) is 0 Å². The maximum Gasteiger partial charge on any atom is 0.237 e. The molecule has 1 aliphatic carbocycles. The number of amides is 1. The Kier molecular flexibility index (Phi) is 6.34. The molecule has 1 fully saturated rings. The van der Waals surface area contributed by atoms with E-state index < -0.39 is 0 Å². The van der Waals surface area contributed by atoms with Crippen molar-refractivity contribution in [3.63, 3.8) is 0 Å². The fourth-order valence-electron chi connectivity index (χ4n) is 2.20. The lowest BCUT2D eigenvalue weighted by molar-refractivity contribution is -0.123. The molecule has 0 saturated heterocycles. The maximum atomic E-state index is 11.9. The molecule has 1 aliphatic rings. The second-order valence-corrected chi connectivity index (χ2v) is 6.21. The van der Waals surface area contributed by atoms with E-state index in [0.717, 1.165) is 11.7 Å². The molecule has 1 rings (SSSR count). The zero-order valence-electron chi connectivity index (χ0n) is 11.5. The second-order valence-electron chi connectivity index (χ2n) is 5.07. The predicted molar refractivity (Wildman–Crippen MR) is 75.4 cm³/mol. The van der Waals surface area contributed by atoms with E-state index in [1.54, 1.807) is 0 Å². The molecule has 0 radical (unpaired) electrons. The third-order valence-electron chi connectivity index (χ3n) is 3.60. The normalized spacial score (nSPS) is 27.8. The number of carbonyl (C=O) groups excluding carboxylic acids is 1. The number of carbonyl (C=O) groups is 1. The van der Waals surface area contributed by atoms with Gasteiger partial charge in [0.15, 0.2) is 0 Å². The molecule has 0 aliphatic heterocycles. The summed E-state index contributed by atoms with van der Waals surface area (Å²) < 4.78 is 0. The molecule has 0 aromatic rings. The molecule has 17 heavy (non-hydrogen) atoms. The van der Waals surface area contributed by atoms with E-state index in [-0.39, 0.29) is 18.0 Å². The van der Waals surface area contributed by atoms with Crippen molar-refractivity contribution in [3.8, 4) is 0 Å². The first kappa shape index (κ1) is 14.8. The summed E-state index contributed by atoms with van der Waals surface area (Å²) in [5, 5.41) is 7.24. The van der Waals surface area contributed by atoms with Crippen LogP contribution in [-0.2, 0) is 4.79 Å². The Balaban J connectivity index is 2.29. The van der Waals surface area contributed by atoms with Crippen LogP contribution < -0.4 is 10.6 Å². The van der Waals surface area contributed by atoms with Crippen LogP contribution in [0.4, 0.5) is 0 Å². The van der Waals surface area contributed by atoms with E-state index >= 15 is 0 Å². The lowest BCUT2D eigenvalue weighted by Gasteiger charge is -2.21. The van der Waals surface area contributed by atoms with Gasteiger partial charge in [-0.3, -0.25) is 4.79 Å². The Morgan fingerprint density at radius 3 is 2.65 bits per heavy atom. The summed E-state index contributed by atoms with van der Waals surface area (Å²) >= 11 is 1.95. The third-order valence-corrected chi connectivity index (χ3v) is 4.69. The van der Waals surface area contributed by atoms with Gasteiger partial charge in [0, 0.05) is 17.3 Å². The van der Waals surface area contributed by atoms with Crippen LogP contribution in [0.25, 0.3) is 0 Å². The van der Waals surface area contributed by atoms with Gasteiger partial charge in [0.2, 0.25) is 5.91 Å². The van der Waals surface area contributed by atoms with Crippen LogP contribution in [0.5, 0.6) is 0 Å². The van der Waals surface area contributed by atoms with Crippen LogP contribution in [0.2, 0.25) is 0 Å². The van der Waals surface area contributed by atoms with Crippen LogP contribution in [0.1, 0.15) is 46.5 Å². The Labute approximate surface area is 109 Å². The van der Waals surface area contributed by atoms with E-state index in [1.807, 2.05) is 25.6 Å². The van der Waals surface area contributed by atoms with E-state index in [2.05, 4.69) is 23.8 Å². The minimum Gasteiger partial charge on any atom is -0.352 e. The molecule has 0 aromatic heterocycles. The molecule has 100 valence electrons. The van der Waals surface area contributed by atoms with Crippen molar-refractivity contribution in [2.45, 2.75) is 69.8 Å². The van der Waals surface area contributed by atoms with Gasteiger partial charge in [-0.15, -0.1) is 0 Å². The summed E-state index contributed by atoms with van der Waals surface area (Å²) in [6, 6.07) is 0.717. The molecule has 0 spiro atoms. The standard InChI is InChI=1S/C13H26N2OS/c1-5-9(2)14-13(16)10(3)15-11-6-7-12(8-11)17-4/h9-12,15H,5-8H2,1-4H3,(H,14,16). The lowest BCUT2D eigenvalue weighted by Crippen LogP contribution is -2.48. The Morgan fingerprint density at radius 2 is 2.12 bits per heavy atom. The first-order chi connectivity index (χ1) is 8.06. The average molecular weight is 258 g/mol. The number of hydrogen-bond acceptors (Lipinski definition) is 3. The monoisotopic (exact) mass is 258 g/mol. The topological polar surface area (TPSA) is 41.1 Å². The van der Waals surface area contributed by atoms with E-state index in [0.29, 0.717) is 6.04 Å². The zero-order chi connectivity index (χ0) is 12.8. The molecular weight excluding hydrogens is 232 g/mol. The van der Waals surface area contributed by atoms with Gasteiger partial charge in [-0.1, -0.05) is 6.92 Å². The largest absolute Gasteiger partial charge is 0.352 e. The molecule has 4 unspecified atom stereocenters. The molecule has 4 heteroatoms. The summed E-state index contributed by atoms with van der Waals surface area (Å²) in [5.74, 6) is 0.131. The number of nitrogens with one attached hydrogen (secondary N) is 2. The Bertz CT molecular complexity index is 248. The minimum absolute atomic E-state index is 0.0744. The smallest absolute Gasteiger partial charge is 0.237 e. The third kappa shape index (κ3) is 4.88. The molecule has 0 aromatic carbocycles. The number of thioether (sulfide) groups is 1. The van der Waals surface area contributed by atoms with Crippen molar-refractivity contribution in [3.05, 3.63) is 0 Å². The van der Waals surface area contributed by atoms with Gasteiger partial charge in [0.05, 0.1) is 6.04 Å². The highest BCUT2D eigenvalue weighted by molar-refractivity contribution is 7.99. The SMILES string of the molecule is CCC(C)NC(=O)C(C)NC1CCC(SC)C1. The number of rotatable bonds is 6. The molecule has 4 atom stereocenters. The van der Waals surface area contributed by atoms with Crippen LogP contribution in [0.3, 0.4) is 0 Å². The van der Waals surface area contributed by atoms with Crippen molar-refractivity contribution in [1.82, 2.24) is 10.6 Å². The van der Waals surface area contributed by atoms with Gasteiger partial charge in [-0.2, -0.15) is 11.8 Å². The minimum atomic E-state index is -0.0744. The second kappa shape index (κ2) is 7.27. The lowest BCUT2D eigenvalue weighted by atomic mass is 10.2. The first-order valence-electron chi connectivity index (χ1n) is 6.66. The summed E-state index contributed by atoms with van der Waals surface area (Å²) in [6.45, 7) is 6.09. The van der Waals surface area contributed by atoms with Gasteiger partial charge in [-0.25, -0.2) is 0 Å². The molecule has 0 heterocycles. The van der Waals surface area contributed by atoms with Gasteiger partial charge >= 0.3 is 0 Å². The Hall–Kier alpha value is -0.220. The summed E-state index contributed by atoms with van der Waals surface area (Å²) in [5.41, 5.74) is 0. The van der Waals surface area contributed by atoms with E-state index in [9.17, 15) is 4.79 Å². The molecule has 0 bridgehead atoms. The van der Waals surface area contributed by atoms with Crippen molar-refractivity contribution >= 4 is 17.7 Å². The fraction of sp³-hybridized carbons (Fsp3) is 0.923. The summed E-state index contributed by atoms with van der Waals surface area (Å²) in [7, 11) is 0. The van der Waals surface area contributed by atoms with Crippen LogP contribution in [0, 0.1) is 0 Å². The summed E-state index contributed by atoms with van der Waals surface area (Å²) in [4.78, 5) is 11.9. The fourth-order valence-corrected chi connectivity index (χ4v) is 3.00. The average Bonchev–Trinajstić information content (AvgIpc) is 2.76. The van der Waals surface area contributed by atoms with Crippen molar-refractivity contribution in [2.75, 3.05) is 6.26 Å². The molecular formula is C13H26N2OS. The molecule has 2 N–H and O–H groups in total. The van der Waals surface area contributed by atoms with Crippen molar-refractivity contribution in [1.29, 1.82) is 0 Å². The quantitative estimate of drug-likeness (QED) is 0.767. The zero-order valence-corrected chi connectivity index (χ0v) is 12.3. The molecule has 3 nitrogen and oxygen atoms in total. The van der Waals surface area contributed by atoms with Gasteiger partial charge in [0.25, 0.3) is 0 Å². The maximum absolute atomic E-state index is 11.9. The first-order valence-corrected chi connectivity index (χ1v) is 7.94. The highest BCUT2D eigenvalue weighted by atomic mass is 32.2. The van der Waals surface area contributed by atoms with Crippen molar-refractivity contribution < 1.29 is 4.79 Å². The van der Waals surface area contributed by atoms with Gasteiger partial charge in [-0.05, 0) is 45.8 Å². The van der Waals surface area contributed by atoms with Crippen LogP contribution >= 0.6 is 11.8 Å². The molecule has 1 saturated carbocycles. The van der Waals surface area contributed by atoms with E-state index in [1.165, 1.54) is 19.3 Å². The number of hydrogen-bond donors (Lipinski definition) is 2. The van der Waals surface area contributed by atoms with Crippen molar-refractivity contribution in [2.24, 2.45) is 0 Å². The highest BCUT2D eigenvalue weighted by Gasteiger charge is 2.26. The Morgan fingerprint density at radius 1 is 1.41 bits per heavy atom. The van der Waals surface area contributed by atoms with Gasteiger partial charge < -0.3 is 10.6 Å². The predicted octanol–water partition coefficient (Wildman–Crippen LogP) is 2.16. The van der Waals surface area contributed by atoms with Crippen LogP contribution in [-0.4, -0.2) is 35.5 Å².